The van der Waals surface area contributed by atoms with Crippen molar-refractivity contribution in [2.75, 3.05) is 11.9 Å². The molecular formula is C15H13IN2O. The van der Waals surface area contributed by atoms with Gasteiger partial charge in [0.15, 0.2) is 6.61 Å². The van der Waals surface area contributed by atoms with Gasteiger partial charge in [-0.3, -0.25) is 0 Å². The Morgan fingerprint density at radius 3 is 2.63 bits per heavy atom. The Morgan fingerprint density at radius 2 is 1.95 bits per heavy atom. The molecule has 0 heterocycles. The monoisotopic (exact) mass is 364 g/mol. The SMILES string of the molecule is N#CCOc1ccc(CNc2cccc(I)c2)cc1. The maximum Gasteiger partial charge on any atom is 0.174 e. The van der Waals surface area contributed by atoms with Gasteiger partial charge in [-0.15, -0.1) is 0 Å². The van der Waals surface area contributed by atoms with Crippen LogP contribution in [0.15, 0.2) is 48.5 Å². The molecule has 0 unspecified atom stereocenters. The molecule has 96 valence electrons. The summed E-state index contributed by atoms with van der Waals surface area (Å²) >= 11 is 2.29. The second-order valence-corrected chi connectivity index (χ2v) is 5.20. The van der Waals surface area contributed by atoms with Crippen LogP contribution in [0.3, 0.4) is 0 Å². The lowest BCUT2D eigenvalue weighted by Gasteiger charge is -2.08. The number of nitrogens with one attached hydrogen (secondary N) is 1. The number of anilines is 1. The quantitative estimate of drug-likeness (QED) is 0.821. The first-order valence-corrected chi connectivity index (χ1v) is 6.94. The number of nitriles is 1. The molecule has 0 aliphatic heterocycles. The number of ether oxygens (including phenoxy) is 1. The Kier molecular flexibility index (Phi) is 5.04. The first kappa shape index (κ1) is 13.7. The second-order valence-electron chi connectivity index (χ2n) is 3.95. The molecule has 0 saturated heterocycles. The average molecular weight is 364 g/mol. The zero-order chi connectivity index (χ0) is 13.5. The van der Waals surface area contributed by atoms with Crippen LogP contribution < -0.4 is 10.1 Å². The number of rotatable bonds is 5. The minimum Gasteiger partial charge on any atom is -0.479 e. The molecule has 0 aliphatic carbocycles. The van der Waals surface area contributed by atoms with Crippen molar-refractivity contribution < 1.29 is 4.74 Å². The summed E-state index contributed by atoms with van der Waals surface area (Å²) < 4.78 is 6.42. The van der Waals surface area contributed by atoms with Crippen LogP contribution in [-0.2, 0) is 6.54 Å². The lowest BCUT2D eigenvalue weighted by Crippen LogP contribution is -2.00. The van der Waals surface area contributed by atoms with Crippen molar-refractivity contribution in [3.05, 3.63) is 57.7 Å². The molecule has 1 N–H and O–H groups in total. The Hall–Kier alpha value is -1.74. The van der Waals surface area contributed by atoms with E-state index in [9.17, 15) is 0 Å². The molecule has 19 heavy (non-hydrogen) atoms. The maximum absolute atomic E-state index is 8.43. The molecule has 0 amide bonds. The van der Waals surface area contributed by atoms with Crippen molar-refractivity contribution in [1.29, 1.82) is 5.26 Å². The summed E-state index contributed by atoms with van der Waals surface area (Å²) in [5, 5.41) is 11.8. The van der Waals surface area contributed by atoms with E-state index in [4.69, 9.17) is 10.00 Å². The first-order chi connectivity index (χ1) is 9.28. The van der Waals surface area contributed by atoms with Gasteiger partial charge in [-0.25, -0.2) is 0 Å². The van der Waals surface area contributed by atoms with Gasteiger partial charge < -0.3 is 10.1 Å². The highest BCUT2D eigenvalue weighted by atomic mass is 127. The molecule has 0 radical (unpaired) electrons. The first-order valence-electron chi connectivity index (χ1n) is 5.86. The van der Waals surface area contributed by atoms with E-state index in [-0.39, 0.29) is 6.61 Å². The second kappa shape index (κ2) is 7.00. The van der Waals surface area contributed by atoms with Gasteiger partial charge in [0.2, 0.25) is 0 Å². The number of benzene rings is 2. The standard InChI is InChI=1S/C15H13IN2O/c16-13-2-1-3-14(10-13)18-11-12-4-6-15(7-5-12)19-9-8-17/h1-7,10,18H,9,11H2. The van der Waals surface area contributed by atoms with Crippen molar-refractivity contribution in [3.8, 4) is 11.8 Å². The van der Waals surface area contributed by atoms with E-state index < -0.39 is 0 Å². The lowest BCUT2D eigenvalue weighted by atomic mass is 10.2. The van der Waals surface area contributed by atoms with E-state index in [1.807, 2.05) is 42.5 Å². The van der Waals surface area contributed by atoms with Gasteiger partial charge in [0.05, 0.1) is 0 Å². The Labute approximate surface area is 126 Å². The molecule has 0 saturated carbocycles. The van der Waals surface area contributed by atoms with Crippen molar-refractivity contribution in [1.82, 2.24) is 0 Å². The van der Waals surface area contributed by atoms with Crippen molar-refractivity contribution in [2.45, 2.75) is 6.54 Å². The fourth-order valence-corrected chi connectivity index (χ4v) is 2.16. The van der Waals surface area contributed by atoms with E-state index in [2.05, 4.69) is 40.0 Å². The highest BCUT2D eigenvalue weighted by molar-refractivity contribution is 14.1. The van der Waals surface area contributed by atoms with Crippen molar-refractivity contribution in [3.63, 3.8) is 0 Å². The summed E-state index contributed by atoms with van der Waals surface area (Å²) in [6.07, 6.45) is 0. The normalized spacial score (nSPS) is 9.68. The molecule has 2 rings (SSSR count). The van der Waals surface area contributed by atoms with Gasteiger partial charge in [0.25, 0.3) is 0 Å². The van der Waals surface area contributed by atoms with E-state index in [1.165, 1.54) is 9.13 Å². The molecular weight excluding hydrogens is 351 g/mol. The molecule has 0 spiro atoms. The maximum atomic E-state index is 8.43. The molecule has 3 nitrogen and oxygen atoms in total. The minimum atomic E-state index is 0.0834. The zero-order valence-electron chi connectivity index (χ0n) is 10.3. The third kappa shape index (κ3) is 4.45. The van der Waals surface area contributed by atoms with Crippen LogP contribution in [-0.4, -0.2) is 6.61 Å². The van der Waals surface area contributed by atoms with Crippen molar-refractivity contribution >= 4 is 28.3 Å². The van der Waals surface area contributed by atoms with Crippen LogP contribution in [0.5, 0.6) is 5.75 Å². The largest absolute Gasteiger partial charge is 0.479 e. The summed E-state index contributed by atoms with van der Waals surface area (Å²) in [5.74, 6) is 0.722. The minimum absolute atomic E-state index is 0.0834. The molecule has 0 aliphatic rings. The van der Waals surface area contributed by atoms with Gasteiger partial charge in [-0.1, -0.05) is 18.2 Å². The Morgan fingerprint density at radius 1 is 1.16 bits per heavy atom. The molecule has 0 fully saturated rings. The fourth-order valence-electron chi connectivity index (χ4n) is 1.62. The molecule has 0 atom stereocenters. The molecule has 2 aromatic rings. The predicted molar refractivity (Wildman–Crippen MR) is 84.0 cm³/mol. The third-order valence-corrected chi connectivity index (χ3v) is 3.22. The highest BCUT2D eigenvalue weighted by Crippen LogP contribution is 2.15. The third-order valence-electron chi connectivity index (χ3n) is 2.55. The highest BCUT2D eigenvalue weighted by Gasteiger charge is 1.97. The molecule has 0 aromatic heterocycles. The fraction of sp³-hybridized carbons (Fsp3) is 0.133. The van der Waals surface area contributed by atoms with Gasteiger partial charge >= 0.3 is 0 Å². The summed E-state index contributed by atoms with van der Waals surface area (Å²) in [4.78, 5) is 0. The topological polar surface area (TPSA) is 45.0 Å². The molecule has 2 aromatic carbocycles. The number of hydrogen-bond acceptors (Lipinski definition) is 3. The van der Waals surface area contributed by atoms with Crippen LogP contribution in [0.1, 0.15) is 5.56 Å². The van der Waals surface area contributed by atoms with E-state index in [1.54, 1.807) is 0 Å². The van der Waals surface area contributed by atoms with E-state index in [0.29, 0.717) is 0 Å². The van der Waals surface area contributed by atoms with Crippen LogP contribution in [0.2, 0.25) is 0 Å². The smallest absolute Gasteiger partial charge is 0.174 e. The van der Waals surface area contributed by atoms with Gasteiger partial charge in [-0.05, 0) is 58.5 Å². The summed E-state index contributed by atoms with van der Waals surface area (Å²) in [5.41, 5.74) is 2.28. The Bertz CT molecular complexity index is 575. The van der Waals surface area contributed by atoms with Gasteiger partial charge in [0.1, 0.15) is 11.8 Å². The predicted octanol–water partition coefficient (Wildman–Crippen LogP) is 3.81. The van der Waals surface area contributed by atoms with Crippen LogP contribution >= 0.6 is 22.6 Å². The Balaban J connectivity index is 1.91. The summed E-state index contributed by atoms with van der Waals surface area (Å²) in [6.45, 7) is 0.846. The molecule has 4 heteroatoms. The van der Waals surface area contributed by atoms with Crippen LogP contribution in [0.25, 0.3) is 0 Å². The zero-order valence-corrected chi connectivity index (χ0v) is 12.4. The van der Waals surface area contributed by atoms with E-state index in [0.717, 1.165) is 18.0 Å². The summed E-state index contributed by atoms with van der Waals surface area (Å²) in [6, 6.07) is 17.9. The van der Waals surface area contributed by atoms with Gasteiger partial charge in [-0.2, -0.15) is 5.26 Å². The molecule has 0 bridgehead atoms. The number of hydrogen-bond donors (Lipinski definition) is 1. The number of halogens is 1. The van der Waals surface area contributed by atoms with Gasteiger partial charge in [0, 0.05) is 15.8 Å². The number of nitrogens with zero attached hydrogens (tertiary/aromatic N) is 1. The average Bonchev–Trinajstić information content (AvgIpc) is 2.44. The van der Waals surface area contributed by atoms with Crippen LogP contribution in [0, 0.1) is 14.9 Å². The van der Waals surface area contributed by atoms with Crippen LogP contribution in [0.4, 0.5) is 5.69 Å². The van der Waals surface area contributed by atoms with E-state index >= 15 is 0 Å². The summed E-state index contributed by atoms with van der Waals surface area (Å²) in [7, 11) is 0. The van der Waals surface area contributed by atoms with Crippen molar-refractivity contribution in [2.24, 2.45) is 0 Å². The lowest BCUT2D eigenvalue weighted by molar-refractivity contribution is 0.368.